The zero-order valence-corrected chi connectivity index (χ0v) is 9.79. The van der Waals surface area contributed by atoms with Crippen LogP contribution in [0, 0.1) is 0 Å². The van der Waals surface area contributed by atoms with Gasteiger partial charge in [-0.05, 0) is 12.1 Å². The maximum atomic E-state index is 11.8. The van der Waals surface area contributed by atoms with Gasteiger partial charge in [-0.25, -0.2) is 0 Å². The Labute approximate surface area is 103 Å². The quantitative estimate of drug-likeness (QED) is 0.784. The molecule has 0 radical (unpaired) electrons. The van der Waals surface area contributed by atoms with Gasteiger partial charge in [-0.1, -0.05) is 18.2 Å². The topological polar surface area (TPSA) is 66.4 Å². The Morgan fingerprint density at radius 3 is 2.59 bits per heavy atom. The van der Waals surface area contributed by atoms with Crippen molar-refractivity contribution in [2.75, 3.05) is 16.8 Å². The monoisotopic (exact) mass is 249 g/mol. The number of hydrogen-bond donors (Lipinski definition) is 2. The number of carbonyl (C=O) groups excluding carboxylic acids is 2. The summed E-state index contributed by atoms with van der Waals surface area (Å²) in [5.41, 5.74) is 0.483. The third kappa shape index (κ3) is 2.68. The zero-order valence-electron chi connectivity index (χ0n) is 8.97. The van der Waals surface area contributed by atoms with Gasteiger partial charge < -0.3 is 10.4 Å². The van der Waals surface area contributed by atoms with Crippen LogP contribution in [0.25, 0.3) is 0 Å². The summed E-state index contributed by atoms with van der Waals surface area (Å²) < 4.78 is 0. The Morgan fingerprint density at radius 1 is 1.24 bits per heavy atom. The first-order valence-electron chi connectivity index (χ1n) is 5.08. The molecule has 17 heavy (non-hydrogen) atoms. The van der Waals surface area contributed by atoms with Crippen molar-refractivity contribution < 1.29 is 14.7 Å². The lowest BCUT2D eigenvalue weighted by atomic mass is 10.1. The Morgan fingerprint density at radius 2 is 1.94 bits per heavy atom. The fourth-order valence-electron chi connectivity index (χ4n) is 1.52. The molecule has 1 aliphatic rings. The standard InChI is InChI=1S/C12H11NO3S/c14-9-6-17-7-10(15)11(9)12(16)13-8-4-2-1-3-5-8/h1-5,14H,6-7H2,(H,13,16). The fourth-order valence-corrected chi connectivity index (χ4v) is 2.29. The van der Waals surface area contributed by atoms with Crippen LogP contribution in [-0.4, -0.2) is 28.3 Å². The summed E-state index contributed by atoms with van der Waals surface area (Å²) in [6.45, 7) is 0. The van der Waals surface area contributed by atoms with Crippen molar-refractivity contribution in [3.05, 3.63) is 41.7 Å². The van der Waals surface area contributed by atoms with Gasteiger partial charge >= 0.3 is 0 Å². The molecule has 1 aromatic rings. The van der Waals surface area contributed by atoms with Crippen LogP contribution in [0.3, 0.4) is 0 Å². The maximum Gasteiger partial charge on any atom is 0.262 e. The molecule has 0 saturated carbocycles. The molecular weight excluding hydrogens is 238 g/mol. The number of aliphatic hydroxyl groups excluding tert-OH is 1. The van der Waals surface area contributed by atoms with Gasteiger partial charge in [-0.15, -0.1) is 11.8 Å². The van der Waals surface area contributed by atoms with Gasteiger partial charge in [0.25, 0.3) is 5.91 Å². The molecule has 88 valence electrons. The lowest BCUT2D eigenvalue weighted by molar-refractivity contribution is -0.119. The molecule has 0 spiro atoms. The smallest absolute Gasteiger partial charge is 0.262 e. The summed E-state index contributed by atoms with van der Waals surface area (Å²) in [7, 11) is 0. The first-order chi connectivity index (χ1) is 8.18. The van der Waals surface area contributed by atoms with E-state index in [1.807, 2.05) is 6.07 Å². The van der Waals surface area contributed by atoms with Crippen LogP contribution in [-0.2, 0) is 9.59 Å². The molecule has 0 aromatic heterocycles. The molecular formula is C12H11NO3S. The van der Waals surface area contributed by atoms with Crippen molar-refractivity contribution >= 4 is 29.1 Å². The number of nitrogens with one attached hydrogen (secondary N) is 1. The molecule has 5 heteroatoms. The van der Waals surface area contributed by atoms with Crippen molar-refractivity contribution in [2.24, 2.45) is 0 Å². The molecule has 1 amide bonds. The maximum absolute atomic E-state index is 11.8. The Hall–Kier alpha value is -1.75. The third-order valence-corrected chi connectivity index (χ3v) is 3.24. The van der Waals surface area contributed by atoms with Crippen LogP contribution in [0.2, 0.25) is 0 Å². The van der Waals surface area contributed by atoms with E-state index in [2.05, 4.69) is 5.32 Å². The van der Waals surface area contributed by atoms with Crippen molar-refractivity contribution in [1.82, 2.24) is 0 Å². The van der Waals surface area contributed by atoms with Gasteiger partial charge in [0.1, 0.15) is 11.3 Å². The minimum Gasteiger partial charge on any atom is -0.510 e. The van der Waals surface area contributed by atoms with Crippen LogP contribution in [0.15, 0.2) is 41.7 Å². The number of ketones is 1. The number of thioether (sulfide) groups is 1. The van der Waals surface area contributed by atoms with Crippen LogP contribution in [0.1, 0.15) is 0 Å². The number of carbonyl (C=O) groups is 2. The molecule has 1 aliphatic heterocycles. The number of aliphatic hydroxyl groups is 1. The van der Waals surface area contributed by atoms with E-state index in [1.165, 1.54) is 11.8 Å². The van der Waals surface area contributed by atoms with Crippen LogP contribution in [0.5, 0.6) is 0 Å². The van der Waals surface area contributed by atoms with Crippen molar-refractivity contribution in [3.8, 4) is 0 Å². The number of benzene rings is 1. The normalized spacial score (nSPS) is 15.9. The van der Waals surface area contributed by atoms with Gasteiger partial charge in [-0.2, -0.15) is 0 Å². The van der Waals surface area contributed by atoms with E-state index in [4.69, 9.17) is 0 Å². The fraction of sp³-hybridized carbons (Fsp3) is 0.167. The van der Waals surface area contributed by atoms with Crippen LogP contribution >= 0.6 is 11.8 Å². The second-order valence-corrected chi connectivity index (χ2v) is 4.54. The number of rotatable bonds is 2. The van der Waals surface area contributed by atoms with Crippen LogP contribution in [0.4, 0.5) is 5.69 Å². The number of anilines is 1. The predicted molar refractivity (Wildman–Crippen MR) is 67.1 cm³/mol. The highest BCUT2D eigenvalue weighted by atomic mass is 32.2. The Bertz CT molecular complexity index is 482. The summed E-state index contributed by atoms with van der Waals surface area (Å²) in [4.78, 5) is 23.4. The Balaban J connectivity index is 2.18. The van der Waals surface area contributed by atoms with E-state index >= 15 is 0 Å². The van der Waals surface area contributed by atoms with E-state index in [-0.39, 0.29) is 22.9 Å². The molecule has 0 fully saturated rings. The van der Waals surface area contributed by atoms with E-state index in [0.717, 1.165) is 0 Å². The third-order valence-electron chi connectivity index (χ3n) is 2.30. The summed E-state index contributed by atoms with van der Waals surface area (Å²) in [5.74, 6) is -0.462. The minimum atomic E-state index is -0.543. The highest BCUT2D eigenvalue weighted by Gasteiger charge is 2.26. The SMILES string of the molecule is O=C1CSCC(O)=C1C(=O)Nc1ccccc1. The van der Waals surface area contributed by atoms with Crippen LogP contribution < -0.4 is 5.32 Å². The number of Topliss-reactive ketones (excluding diaryl/α,β-unsaturated/α-hetero) is 1. The van der Waals surface area contributed by atoms with E-state index in [0.29, 0.717) is 11.4 Å². The lowest BCUT2D eigenvalue weighted by Crippen LogP contribution is -2.26. The first-order valence-corrected chi connectivity index (χ1v) is 6.23. The predicted octanol–water partition coefficient (Wildman–Crippen LogP) is 1.75. The summed E-state index contributed by atoms with van der Waals surface area (Å²) in [6.07, 6.45) is 0. The van der Waals surface area contributed by atoms with E-state index in [9.17, 15) is 14.7 Å². The van der Waals surface area contributed by atoms with Gasteiger partial charge in [0, 0.05) is 5.69 Å². The zero-order chi connectivity index (χ0) is 12.3. The molecule has 2 rings (SSSR count). The molecule has 0 saturated heterocycles. The molecule has 1 heterocycles. The molecule has 1 aromatic carbocycles. The lowest BCUT2D eigenvalue weighted by Gasteiger charge is -2.14. The summed E-state index contributed by atoms with van der Waals surface area (Å²) >= 11 is 1.30. The molecule has 0 atom stereocenters. The number of amides is 1. The van der Waals surface area contributed by atoms with Crippen molar-refractivity contribution in [2.45, 2.75) is 0 Å². The average Bonchev–Trinajstić information content (AvgIpc) is 2.30. The number of para-hydroxylation sites is 1. The second-order valence-electron chi connectivity index (χ2n) is 3.56. The van der Waals surface area contributed by atoms with Gasteiger partial charge in [0.05, 0.1) is 11.5 Å². The first kappa shape index (κ1) is 11.7. The molecule has 2 N–H and O–H groups in total. The van der Waals surface area contributed by atoms with Crippen molar-refractivity contribution in [1.29, 1.82) is 0 Å². The largest absolute Gasteiger partial charge is 0.510 e. The summed E-state index contributed by atoms with van der Waals surface area (Å²) in [5, 5.41) is 12.2. The average molecular weight is 249 g/mol. The molecule has 0 bridgehead atoms. The second kappa shape index (κ2) is 5.05. The molecule has 0 unspecified atom stereocenters. The van der Waals surface area contributed by atoms with Crippen molar-refractivity contribution in [3.63, 3.8) is 0 Å². The van der Waals surface area contributed by atoms with Gasteiger partial charge in [0.2, 0.25) is 0 Å². The van der Waals surface area contributed by atoms with E-state index < -0.39 is 5.91 Å². The van der Waals surface area contributed by atoms with E-state index in [1.54, 1.807) is 24.3 Å². The van der Waals surface area contributed by atoms with Gasteiger partial charge in [-0.3, -0.25) is 9.59 Å². The highest BCUT2D eigenvalue weighted by molar-refractivity contribution is 8.00. The Kier molecular flexibility index (Phi) is 3.49. The van der Waals surface area contributed by atoms with Gasteiger partial charge in [0.15, 0.2) is 5.78 Å². The molecule has 0 aliphatic carbocycles. The summed E-state index contributed by atoms with van der Waals surface area (Å²) in [6, 6.07) is 8.83. The number of hydrogen-bond acceptors (Lipinski definition) is 4. The highest BCUT2D eigenvalue weighted by Crippen LogP contribution is 2.20. The molecule has 4 nitrogen and oxygen atoms in total. The minimum absolute atomic E-state index is 0.118.